The molecule has 0 aromatic heterocycles. The number of amides is 1. The number of carbonyl (C=O) groups excluding carboxylic acids is 1. The Bertz CT molecular complexity index is 345. The van der Waals surface area contributed by atoms with Crippen molar-refractivity contribution in [3.05, 3.63) is 23.2 Å². The van der Waals surface area contributed by atoms with Crippen LogP contribution in [-0.2, 0) is 9.53 Å². The summed E-state index contributed by atoms with van der Waals surface area (Å²) in [6, 6.07) is 4.87. The first-order chi connectivity index (χ1) is 6.63. The van der Waals surface area contributed by atoms with Gasteiger partial charge in [-0.25, -0.2) is 0 Å². The molecule has 0 aliphatic heterocycles. The second-order valence-electron chi connectivity index (χ2n) is 2.71. The second-order valence-corrected chi connectivity index (χ2v) is 3.15. The van der Waals surface area contributed by atoms with Crippen LogP contribution in [0.1, 0.15) is 0 Å². The van der Waals surface area contributed by atoms with Crippen LogP contribution in [0, 0.1) is 0 Å². The van der Waals surface area contributed by atoms with Crippen molar-refractivity contribution in [2.75, 3.05) is 24.8 Å². The lowest BCUT2D eigenvalue weighted by molar-refractivity contribution is -0.119. The Morgan fingerprint density at radius 2 is 2.27 bits per heavy atom. The number of carbonyl (C=O) groups is 1. The Kier molecular flexibility index (Phi) is 6.08. The molecule has 3 N–H and O–H groups in total. The maximum Gasteiger partial charge on any atom is 0.250 e. The van der Waals surface area contributed by atoms with Crippen LogP contribution < -0.4 is 11.1 Å². The van der Waals surface area contributed by atoms with Gasteiger partial charge in [-0.3, -0.25) is 4.79 Å². The van der Waals surface area contributed by atoms with Crippen molar-refractivity contribution in [1.82, 2.24) is 0 Å². The third-order valence-electron chi connectivity index (χ3n) is 1.56. The summed E-state index contributed by atoms with van der Waals surface area (Å²) in [6.45, 7) is 0.00205. The van der Waals surface area contributed by atoms with Crippen LogP contribution in [0.4, 0.5) is 11.4 Å². The number of hydrogen-bond donors (Lipinski definition) is 2. The molecule has 84 valence electrons. The fraction of sp³-hybridized carbons (Fsp3) is 0.222. The first kappa shape index (κ1) is 14.0. The lowest BCUT2D eigenvalue weighted by Gasteiger charge is -2.07. The Morgan fingerprint density at radius 3 is 2.80 bits per heavy atom. The van der Waals surface area contributed by atoms with Gasteiger partial charge in [0.05, 0.1) is 11.4 Å². The van der Waals surface area contributed by atoms with Crippen LogP contribution in [0.25, 0.3) is 0 Å². The van der Waals surface area contributed by atoms with Gasteiger partial charge in [-0.15, -0.1) is 12.4 Å². The number of rotatable bonds is 3. The average molecular weight is 251 g/mol. The molecule has 0 aliphatic carbocycles. The summed E-state index contributed by atoms with van der Waals surface area (Å²) in [4.78, 5) is 11.1. The number of nitrogen functional groups attached to an aromatic ring is 1. The summed E-state index contributed by atoms with van der Waals surface area (Å²) >= 11 is 5.70. The van der Waals surface area contributed by atoms with Crippen molar-refractivity contribution in [1.29, 1.82) is 0 Å². The highest BCUT2D eigenvalue weighted by Gasteiger charge is 2.04. The minimum Gasteiger partial charge on any atom is -0.397 e. The minimum absolute atomic E-state index is 0. The van der Waals surface area contributed by atoms with Crippen molar-refractivity contribution in [3.63, 3.8) is 0 Å². The van der Waals surface area contributed by atoms with Crippen LogP contribution in [-0.4, -0.2) is 19.6 Å². The maximum atomic E-state index is 11.1. The summed E-state index contributed by atoms with van der Waals surface area (Å²) in [5.41, 5.74) is 6.60. The normalized spacial score (nSPS) is 9.20. The third kappa shape index (κ3) is 4.38. The van der Waals surface area contributed by atoms with Gasteiger partial charge in [0, 0.05) is 12.1 Å². The summed E-state index contributed by atoms with van der Waals surface area (Å²) < 4.78 is 4.66. The van der Waals surface area contributed by atoms with E-state index in [1.165, 1.54) is 7.11 Å². The molecule has 0 aliphatic rings. The Morgan fingerprint density at radius 1 is 1.60 bits per heavy atom. The highest BCUT2D eigenvalue weighted by Crippen LogP contribution is 2.22. The van der Waals surface area contributed by atoms with E-state index in [9.17, 15) is 4.79 Å². The Balaban J connectivity index is 0.00000196. The number of ether oxygens (including phenoxy) is 1. The Labute approximate surface area is 99.1 Å². The molecule has 6 heteroatoms. The summed E-state index contributed by atoms with van der Waals surface area (Å²) in [5, 5.41) is 3.13. The number of hydrogen-bond acceptors (Lipinski definition) is 3. The van der Waals surface area contributed by atoms with Crippen molar-refractivity contribution in [2.24, 2.45) is 0 Å². The van der Waals surface area contributed by atoms with E-state index in [1.807, 2.05) is 0 Å². The molecule has 0 heterocycles. The van der Waals surface area contributed by atoms with Crippen molar-refractivity contribution >= 4 is 41.3 Å². The van der Waals surface area contributed by atoms with Gasteiger partial charge >= 0.3 is 0 Å². The molecule has 0 atom stereocenters. The zero-order valence-corrected chi connectivity index (χ0v) is 9.69. The molecule has 0 bridgehead atoms. The summed E-state index contributed by atoms with van der Waals surface area (Å²) in [7, 11) is 1.45. The molecular formula is C9H12Cl2N2O2. The van der Waals surface area contributed by atoms with Gasteiger partial charge in [-0.05, 0) is 18.2 Å². The predicted molar refractivity (Wildman–Crippen MR) is 63.6 cm³/mol. The lowest BCUT2D eigenvalue weighted by atomic mass is 10.2. The number of benzene rings is 1. The molecule has 0 spiro atoms. The van der Waals surface area contributed by atoms with E-state index in [2.05, 4.69) is 10.1 Å². The number of anilines is 2. The van der Waals surface area contributed by atoms with E-state index in [0.29, 0.717) is 16.4 Å². The van der Waals surface area contributed by atoms with E-state index < -0.39 is 0 Å². The molecule has 1 aromatic carbocycles. The third-order valence-corrected chi connectivity index (χ3v) is 1.80. The van der Waals surface area contributed by atoms with Gasteiger partial charge in [-0.2, -0.15) is 0 Å². The number of halogens is 2. The van der Waals surface area contributed by atoms with Crippen molar-refractivity contribution in [3.8, 4) is 0 Å². The maximum absolute atomic E-state index is 11.1. The van der Waals surface area contributed by atoms with Crippen molar-refractivity contribution < 1.29 is 9.53 Å². The number of nitrogens with two attached hydrogens (primary N) is 1. The van der Waals surface area contributed by atoms with Crippen LogP contribution in [0.2, 0.25) is 5.02 Å². The lowest BCUT2D eigenvalue weighted by Crippen LogP contribution is -2.17. The number of nitrogens with one attached hydrogen (secondary N) is 1. The quantitative estimate of drug-likeness (QED) is 0.806. The second kappa shape index (κ2) is 6.50. The van der Waals surface area contributed by atoms with Crippen LogP contribution >= 0.6 is 24.0 Å². The van der Waals surface area contributed by atoms with Crippen LogP contribution in [0.5, 0.6) is 0 Å². The molecular weight excluding hydrogens is 239 g/mol. The molecule has 1 aromatic rings. The van der Waals surface area contributed by atoms with Crippen LogP contribution in [0.3, 0.4) is 0 Å². The van der Waals surface area contributed by atoms with Crippen molar-refractivity contribution in [2.45, 2.75) is 0 Å². The zero-order valence-electron chi connectivity index (χ0n) is 8.12. The first-order valence-electron chi connectivity index (χ1n) is 3.97. The van der Waals surface area contributed by atoms with E-state index in [0.717, 1.165) is 0 Å². The first-order valence-corrected chi connectivity index (χ1v) is 4.35. The molecule has 1 rings (SSSR count). The van der Waals surface area contributed by atoms with Gasteiger partial charge in [0.1, 0.15) is 6.61 Å². The van der Waals surface area contributed by atoms with Gasteiger partial charge in [0.2, 0.25) is 5.91 Å². The SMILES string of the molecule is COCC(=O)Nc1ccc(Cl)cc1N.Cl. The standard InChI is InChI=1S/C9H11ClN2O2.ClH/c1-14-5-9(13)12-8-3-2-6(10)4-7(8)11;/h2-4H,5,11H2,1H3,(H,12,13);1H. The smallest absolute Gasteiger partial charge is 0.250 e. The van der Waals surface area contributed by atoms with E-state index in [-0.39, 0.29) is 24.9 Å². The molecule has 4 nitrogen and oxygen atoms in total. The van der Waals surface area contributed by atoms with E-state index in [1.54, 1.807) is 18.2 Å². The highest BCUT2D eigenvalue weighted by molar-refractivity contribution is 6.31. The van der Waals surface area contributed by atoms with E-state index >= 15 is 0 Å². The topological polar surface area (TPSA) is 64.3 Å². The molecule has 0 saturated carbocycles. The Hall–Kier alpha value is -0.970. The van der Waals surface area contributed by atoms with Gasteiger partial charge < -0.3 is 15.8 Å². The fourth-order valence-electron chi connectivity index (χ4n) is 0.965. The molecule has 15 heavy (non-hydrogen) atoms. The largest absolute Gasteiger partial charge is 0.397 e. The minimum atomic E-state index is -0.249. The number of methoxy groups -OCH3 is 1. The average Bonchev–Trinajstić information content (AvgIpc) is 2.10. The monoisotopic (exact) mass is 250 g/mol. The molecule has 0 saturated heterocycles. The summed E-state index contributed by atoms with van der Waals surface area (Å²) in [5.74, 6) is -0.249. The predicted octanol–water partition coefficient (Wildman–Crippen LogP) is 1.93. The summed E-state index contributed by atoms with van der Waals surface area (Å²) in [6.07, 6.45) is 0. The molecule has 0 radical (unpaired) electrons. The van der Waals surface area contributed by atoms with Gasteiger partial charge in [-0.1, -0.05) is 11.6 Å². The van der Waals surface area contributed by atoms with E-state index in [4.69, 9.17) is 17.3 Å². The van der Waals surface area contributed by atoms with Crippen LogP contribution in [0.15, 0.2) is 18.2 Å². The molecule has 0 unspecified atom stereocenters. The zero-order chi connectivity index (χ0) is 10.6. The highest BCUT2D eigenvalue weighted by atomic mass is 35.5. The molecule has 1 amide bonds. The fourth-order valence-corrected chi connectivity index (χ4v) is 1.15. The van der Waals surface area contributed by atoms with Gasteiger partial charge in [0.15, 0.2) is 0 Å². The van der Waals surface area contributed by atoms with Gasteiger partial charge in [0.25, 0.3) is 0 Å². The molecule has 0 fully saturated rings.